The second-order valence-corrected chi connectivity index (χ2v) is 5.27. The molecule has 23 heavy (non-hydrogen) atoms. The molecule has 0 heterocycles. The summed E-state index contributed by atoms with van der Waals surface area (Å²) in [5.74, 6) is 0.367. The largest absolute Gasteiger partial charge is 0.489 e. The summed E-state index contributed by atoms with van der Waals surface area (Å²) in [5.41, 5.74) is 8.15. The summed E-state index contributed by atoms with van der Waals surface area (Å²) in [7, 11) is 1.36. The van der Waals surface area contributed by atoms with E-state index in [2.05, 4.69) is 0 Å². The quantitative estimate of drug-likeness (QED) is 0.763. The van der Waals surface area contributed by atoms with Crippen molar-refractivity contribution in [3.63, 3.8) is 0 Å². The molecule has 0 aliphatic rings. The number of rotatable bonds is 7. The first-order chi connectivity index (χ1) is 11.1. The third kappa shape index (κ3) is 5.09. The van der Waals surface area contributed by atoms with Crippen LogP contribution in [0, 0.1) is 0 Å². The topological polar surface area (TPSA) is 81.8 Å². The van der Waals surface area contributed by atoms with Crippen LogP contribution >= 0.6 is 0 Å². The van der Waals surface area contributed by atoms with E-state index in [1.54, 1.807) is 18.2 Å². The number of hydrogen-bond acceptors (Lipinski definition) is 5. The first-order valence-electron chi connectivity index (χ1n) is 7.38. The lowest BCUT2D eigenvalue weighted by molar-refractivity contribution is 0.0600. The molecule has 3 N–H and O–H groups in total. The van der Waals surface area contributed by atoms with E-state index in [0.29, 0.717) is 18.6 Å². The molecule has 1 unspecified atom stereocenters. The zero-order valence-corrected chi connectivity index (χ0v) is 13.1. The Morgan fingerprint density at radius 3 is 2.57 bits per heavy atom. The third-order valence-electron chi connectivity index (χ3n) is 3.41. The first kappa shape index (κ1) is 17.0. The van der Waals surface area contributed by atoms with Gasteiger partial charge in [-0.3, -0.25) is 0 Å². The maximum absolute atomic E-state index is 11.5. The summed E-state index contributed by atoms with van der Waals surface area (Å²) in [4.78, 5) is 11.5. The third-order valence-corrected chi connectivity index (χ3v) is 3.41. The molecular weight excluding hydrogens is 294 g/mol. The smallest absolute Gasteiger partial charge is 0.337 e. The Balaban J connectivity index is 1.94. The molecule has 5 heteroatoms. The Hall–Kier alpha value is -2.37. The van der Waals surface area contributed by atoms with Gasteiger partial charge in [0.05, 0.1) is 19.3 Å². The molecule has 2 aromatic rings. The van der Waals surface area contributed by atoms with Crippen LogP contribution in [0.5, 0.6) is 5.75 Å². The fourth-order valence-corrected chi connectivity index (χ4v) is 2.16. The zero-order chi connectivity index (χ0) is 16.7. The second-order valence-electron chi connectivity index (χ2n) is 5.27. The number of carbonyl (C=O) groups excluding carboxylic acids is 1. The van der Waals surface area contributed by atoms with Gasteiger partial charge in [-0.15, -0.1) is 0 Å². The van der Waals surface area contributed by atoms with Gasteiger partial charge in [-0.05, 0) is 41.8 Å². The van der Waals surface area contributed by atoms with Crippen molar-refractivity contribution in [2.24, 2.45) is 5.73 Å². The number of benzene rings is 2. The monoisotopic (exact) mass is 315 g/mol. The number of esters is 1. The van der Waals surface area contributed by atoms with Crippen LogP contribution in [-0.2, 0) is 17.8 Å². The molecule has 122 valence electrons. The summed E-state index contributed by atoms with van der Waals surface area (Å²) < 4.78 is 10.4. The van der Waals surface area contributed by atoms with Crippen LogP contribution in [0.25, 0.3) is 0 Å². The molecule has 0 fully saturated rings. The number of nitrogens with two attached hydrogens (primary N) is 1. The van der Waals surface area contributed by atoms with Gasteiger partial charge in [-0.1, -0.05) is 24.3 Å². The highest BCUT2D eigenvalue weighted by Crippen LogP contribution is 2.16. The minimum Gasteiger partial charge on any atom is -0.489 e. The van der Waals surface area contributed by atoms with Crippen molar-refractivity contribution in [2.45, 2.75) is 19.1 Å². The Morgan fingerprint density at radius 1 is 1.17 bits per heavy atom. The van der Waals surface area contributed by atoms with Crippen LogP contribution < -0.4 is 10.5 Å². The highest BCUT2D eigenvalue weighted by Gasteiger charge is 2.06. The molecule has 0 saturated carbocycles. The normalized spacial score (nSPS) is 11.8. The number of methoxy groups -OCH3 is 1. The van der Waals surface area contributed by atoms with Crippen molar-refractivity contribution in [3.05, 3.63) is 65.2 Å². The molecule has 0 aliphatic carbocycles. The summed E-state index contributed by atoms with van der Waals surface area (Å²) in [6.07, 6.45) is 0.623. The lowest BCUT2D eigenvalue weighted by Crippen LogP contribution is -2.26. The highest BCUT2D eigenvalue weighted by atomic mass is 16.5. The first-order valence-corrected chi connectivity index (χ1v) is 7.38. The maximum atomic E-state index is 11.5. The van der Waals surface area contributed by atoms with Crippen LogP contribution in [-0.4, -0.2) is 30.8 Å². The van der Waals surface area contributed by atoms with E-state index in [1.807, 2.05) is 30.3 Å². The number of ether oxygens (including phenoxy) is 2. The number of aliphatic hydroxyl groups excluding tert-OH is 1. The van der Waals surface area contributed by atoms with Gasteiger partial charge in [0.15, 0.2) is 0 Å². The molecule has 0 amide bonds. The van der Waals surface area contributed by atoms with Crippen molar-refractivity contribution in [2.75, 3.05) is 13.7 Å². The minimum atomic E-state index is -0.364. The van der Waals surface area contributed by atoms with E-state index >= 15 is 0 Å². The van der Waals surface area contributed by atoms with Gasteiger partial charge in [0, 0.05) is 6.04 Å². The predicted octanol–water partition coefficient (Wildman–Crippen LogP) is 1.91. The molecular formula is C18H21NO4. The van der Waals surface area contributed by atoms with Gasteiger partial charge in [0.25, 0.3) is 0 Å². The van der Waals surface area contributed by atoms with E-state index in [9.17, 15) is 4.79 Å². The number of aliphatic hydroxyl groups is 1. The molecule has 0 saturated heterocycles. The number of carbonyl (C=O) groups is 1. The molecule has 0 aromatic heterocycles. The average molecular weight is 315 g/mol. The Morgan fingerprint density at radius 2 is 1.91 bits per heavy atom. The van der Waals surface area contributed by atoms with Crippen LogP contribution in [0.15, 0.2) is 48.5 Å². The zero-order valence-electron chi connectivity index (χ0n) is 13.1. The van der Waals surface area contributed by atoms with Gasteiger partial charge in [-0.25, -0.2) is 4.79 Å². The molecule has 2 rings (SSSR count). The van der Waals surface area contributed by atoms with E-state index < -0.39 is 0 Å². The van der Waals surface area contributed by atoms with Crippen LogP contribution in [0.1, 0.15) is 21.5 Å². The molecule has 0 radical (unpaired) electrons. The Bertz CT molecular complexity index is 640. The van der Waals surface area contributed by atoms with Crippen LogP contribution in [0.2, 0.25) is 0 Å². The van der Waals surface area contributed by atoms with Crippen molar-refractivity contribution in [1.29, 1.82) is 0 Å². The van der Waals surface area contributed by atoms with Crippen molar-refractivity contribution < 1.29 is 19.4 Å². The lowest BCUT2D eigenvalue weighted by Gasteiger charge is -2.10. The van der Waals surface area contributed by atoms with Gasteiger partial charge >= 0.3 is 5.97 Å². The predicted molar refractivity (Wildman–Crippen MR) is 87.3 cm³/mol. The lowest BCUT2D eigenvalue weighted by atomic mass is 10.1. The summed E-state index contributed by atoms with van der Waals surface area (Å²) in [5, 5.41) is 8.96. The van der Waals surface area contributed by atoms with Gasteiger partial charge in [0.2, 0.25) is 0 Å². The molecule has 1 atom stereocenters. The summed E-state index contributed by atoms with van der Waals surface area (Å²) in [6.45, 7) is 0.328. The van der Waals surface area contributed by atoms with Crippen LogP contribution in [0.3, 0.4) is 0 Å². The Kier molecular flexibility index (Phi) is 6.14. The van der Waals surface area contributed by atoms with Gasteiger partial charge in [0.1, 0.15) is 12.4 Å². The van der Waals surface area contributed by atoms with E-state index in [4.69, 9.17) is 20.3 Å². The van der Waals surface area contributed by atoms with Gasteiger partial charge in [-0.2, -0.15) is 0 Å². The average Bonchev–Trinajstić information content (AvgIpc) is 2.60. The SMILES string of the molecule is COC(=O)c1cccc(COc2ccc(CC(N)CO)cc2)c1. The molecule has 0 aliphatic heterocycles. The Labute approximate surface area is 135 Å². The number of hydrogen-bond donors (Lipinski definition) is 2. The fourth-order valence-electron chi connectivity index (χ4n) is 2.16. The van der Waals surface area contributed by atoms with Crippen molar-refractivity contribution >= 4 is 5.97 Å². The minimum absolute atomic E-state index is 0.0329. The van der Waals surface area contributed by atoms with E-state index in [1.165, 1.54) is 7.11 Å². The standard InChI is InChI=1S/C18H21NO4/c1-22-18(21)15-4-2-3-14(9-15)12-23-17-7-5-13(6-8-17)10-16(19)11-20/h2-9,16,20H,10-12,19H2,1H3. The van der Waals surface area contributed by atoms with E-state index in [-0.39, 0.29) is 18.6 Å². The summed E-state index contributed by atoms with van der Waals surface area (Å²) in [6, 6.07) is 14.5. The molecule has 0 bridgehead atoms. The second kappa shape index (κ2) is 8.31. The highest BCUT2D eigenvalue weighted by molar-refractivity contribution is 5.89. The van der Waals surface area contributed by atoms with Crippen molar-refractivity contribution in [3.8, 4) is 5.75 Å². The fraction of sp³-hybridized carbons (Fsp3) is 0.278. The molecule has 5 nitrogen and oxygen atoms in total. The molecule has 0 spiro atoms. The maximum Gasteiger partial charge on any atom is 0.337 e. The van der Waals surface area contributed by atoms with Gasteiger partial charge < -0.3 is 20.3 Å². The molecule has 2 aromatic carbocycles. The van der Waals surface area contributed by atoms with Crippen molar-refractivity contribution in [1.82, 2.24) is 0 Å². The van der Waals surface area contributed by atoms with E-state index in [0.717, 1.165) is 16.9 Å². The summed E-state index contributed by atoms with van der Waals surface area (Å²) >= 11 is 0. The van der Waals surface area contributed by atoms with Crippen LogP contribution in [0.4, 0.5) is 0 Å².